The molecule has 0 heterocycles. The molecule has 1 aromatic carbocycles. The van der Waals surface area contributed by atoms with Gasteiger partial charge in [-0.15, -0.1) is 0 Å². The van der Waals surface area contributed by atoms with Crippen LogP contribution in [-0.2, 0) is 4.79 Å². The number of nitrogens with one attached hydrogen (secondary N) is 1. The maximum atomic E-state index is 11.7. The zero-order chi connectivity index (χ0) is 12.9. The molecule has 0 aliphatic rings. The Labute approximate surface area is 104 Å². The van der Waals surface area contributed by atoms with Crippen molar-refractivity contribution in [3.05, 3.63) is 30.3 Å². The first kappa shape index (κ1) is 13.6. The molecule has 0 radical (unpaired) electrons. The number of hydrogen-bond acceptors (Lipinski definition) is 2. The summed E-state index contributed by atoms with van der Waals surface area (Å²) in [7, 11) is 2.03. The molecule has 1 aromatic rings. The summed E-state index contributed by atoms with van der Waals surface area (Å²) in [6, 6.07) is 10.1. The summed E-state index contributed by atoms with van der Waals surface area (Å²) < 4.78 is 0. The molecule has 0 unspecified atom stereocenters. The van der Waals surface area contributed by atoms with Crippen molar-refractivity contribution >= 4 is 11.6 Å². The highest BCUT2D eigenvalue weighted by atomic mass is 16.2. The molecule has 1 N–H and O–H groups in total. The van der Waals surface area contributed by atoms with E-state index in [9.17, 15) is 4.79 Å². The molecular formula is C14H22N2O. The molecule has 17 heavy (non-hydrogen) atoms. The van der Waals surface area contributed by atoms with Gasteiger partial charge < -0.3 is 10.2 Å². The lowest BCUT2D eigenvalue weighted by Crippen LogP contribution is -2.39. The van der Waals surface area contributed by atoms with E-state index in [0.29, 0.717) is 6.54 Å². The minimum absolute atomic E-state index is 0.0963. The van der Waals surface area contributed by atoms with Gasteiger partial charge in [0.1, 0.15) is 0 Å². The van der Waals surface area contributed by atoms with Crippen LogP contribution in [0.1, 0.15) is 20.8 Å². The van der Waals surface area contributed by atoms with Crippen molar-refractivity contribution in [2.45, 2.75) is 20.8 Å². The van der Waals surface area contributed by atoms with Crippen LogP contribution in [0.15, 0.2) is 30.3 Å². The highest BCUT2D eigenvalue weighted by molar-refractivity contribution is 5.81. The first-order valence-electron chi connectivity index (χ1n) is 5.96. The van der Waals surface area contributed by atoms with E-state index < -0.39 is 0 Å². The van der Waals surface area contributed by atoms with E-state index >= 15 is 0 Å². The number of amides is 1. The molecule has 1 rings (SSSR count). The second-order valence-corrected chi connectivity index (χ2v) is 5.26. The van der Waals surface area contributed by atoms with Crippen LogP contribution in [0.3, 0.4) is 0 Å². The van der Waals surface area contributed by atoms with Crippen LogP contribution in [0.5, 0.6) is 0 Å². The van der Waals surface area contributed by atoms with Crippen molar-refractivity contribution in [1.82, 2.24) is 5.32 Å². The van der Waals surface area contributed by atoms with Gasteiger partial charge in [0.25, 0.3) is 0 Å². The van der Waals surface area contributed by atoms with E-state index in [1.807, 2.05) is 46.0 Å². The first-order chi connectivity index (χ1) is 7.91. The number of hydrogen-bond donors (Lipinski definition) is 1. The maximum absolute atomic E-state index is 11.7. The van der Waals surface area contributed by atoms with Gasteiger partial charge in [0.15, 0.2) is 0 Å². The molecule has 0 spiro atoms. The lowest BCUT2D eigenvalue weighted by Gasteiger charge is -2.22. The van der Waals surface area contributed by atoms with Crippen molar-refractivity contribution in [2.24, 2.45) is 5.41 Å². The lowest BCUT2D eigenvalue weighted by molar-refractivity contribution is -0.128. The molecule has 0 fully saturated rings. The van der Waals surface area contributed by atoms with Crippen LogP contribution in [0.2, 0.25) is 0 Å². The van der Waals surface area contributed by atoms with Crippen molar-refractivity contribution in [3.8, 4) is 0 Å². The highest BCUT2D eigenvalue weighted by Crippen LogP contribution is 2.12. The average molecular weight is 234 g/mol. The Morgan fingerprint density at radius 2 is 1.82 bits per heavy atom. The third-order valence-corrected chi connectivity index (χ3v) is 2.61. The number of likely N-dealkylation sites (N-methyl/N-ethyl adjacent to an activating group) is 1. The molecule has 0 aliphatic carbocycles. The number of nitrogens with zero attached hydrogens (tertiary/aromatic N) is 1. The second-order valence-electron chi connectivity index (χ2n) is 5.26. The number of para-hydroxylation sites is 1. The van der Waals surface area contributed by atoms with Crippen LogP contribution >= 0.6 is 0 Å². The Morgan fingerprint density at radius 1 is 1.24 bits per heavy atom. The number of benzene rings is 1. The molecule has 3 heteroatoms. The summed E-state index contributed by atoms with van der Waals surface area (Å²) in [4.78, 5) is 13.8. The van der Waals surface area contributed by atoms with Gasteiger partial charge in [-0.25, -0.2) is 0 Å². The summed E-state index contributed by atoms with van der Waals surface area (Å²) in [5.74, 6) is 0.0963. The van der Waals surface area contributed by atoms with Crippen LogP contribution in [0.4, 0.5) is 5.69 Å². The number of anilines is 1. The van der Waals surface area contributed by atoms with E-state index in [4.69, 9.17) is 0 Å². The van der Waals surface area contributed by atoms with E-state index in [2.05, 4.69) is 22.3 Å². The topological polar surface area (TPSA) is 32.3 Å². The molecule has 0 saturated carbocycles. The Morgan fingerprint density at radius 3 is 2.35 bits per heavy atom. The minimum Gasteiger partial charge on any atom is -0.373 e. The van der Waals surface area contributed by atoms with Crippen LogP contribution in [0.25, 0.3) is 0 Å². The Kier molecular flexibility index (Phi) is 4.55. The fraction of sp³-hybridized carbons (Fsp3) is 0.500. The zero-order valence-corrected chi connectivity index (χ0v) is 11.2. The summed E-state index contributed by atoms with van der Waals surface area (Å²) in [5.41, 5.74) is 0.850. The van der Waals surface area contributed by atoms with Crippen molar-refractivity contribution in [3.63, 3.8) is 0 Å². The summed E-state index contributed by atoms with van der Waals surface area (Å²) in [6.07, 6.45) is 0. The predicted octanol–water partition coefficient (Wildman–Crippen LogP) is 2.29. The van der Waals surface area contributed by atoms with Gasteiger partial charge in [0.2, 0.25) is 5.91 Å². The summed E-state index contributed by atoms with van der Waals surface area (Å²) in [6.45, 7) is 7.24. The monoisotopic (exact) mass is 234 g/mol. The number of carbonyl (C=O) groups is 1. The van der Waals surface area contributed by atoms with Crippen LogP contribution in [-0.4, -0.2) is 26.0 Å². The fourth-order valence-electron chi connectivity index (χ4n) is 1.41. The molecule has 0 atom stereocenters. The Balaban J connectivity index is 2.35. The predicted molar refractivity (Wildman–Crippen MR) is 72.2 cm³/mol. The van der Waals surface area contributed by atoms with Gasteiger partial charge in [-0.2, -0.15) is 0 Å². The molecule has 0 aliphatic heterocycles. The van der Waals surface area contributed by atoms with Gasteiger partial charge in [-0.3, -0.25) is 4.79 Å². The van der Waals surface area contributed by atoms with Gasteiger partial charge in [-0.05, 0) is 12.1 Å². The van der Waals surface area contributed by atoms with E-state index in [1.54, 1.807) is 0 Å². The SMILES string of the molecule is CN(CCNC(=O)C(C)(C)C)c1ccccc1. The van der Waals surface area contributed by atoms with Crippen molar-refractivity contribution in [1.29, 1.82) is 0 Å². The third kappa shape index (κ3) is 4.47. The fourth-order valence-corrected chi connectivity index (χ4v) is 1.41. The second kappa shape index (κ2) is 5.71. The van der Waals surface area contributed by atoms with Gasteiger partial charge >= 0.3 is 0 Å². The molecule has 0 saturated heterocycles. The van der Waals surface area contributed by atoms with Crippen molar-refractivity contribution in [2.75, 3.05) is 25.0 Å². The van der Waals surface area contributed by atoms with Gasteiger partial charge in [-0.1, -0.05) is 39.0 Å². The van der Waals surface area contributed by atoms with E-state index in [-0.39, 0.29) is 11.3 Å². The van der Waals surface area contributed by atoms with Gasteiger partial charge in [0, 0.05) is 31.2 Å². The standard InChI is InChI=1S/C14H22N2O/c1-14(2,3)13(17)15-10-11-16(4)12-8-6-5-7-9-12/h5-9H,10-11H2,1-4H3,(H,15,17). The van der Waals surface area contributed by atoms with E-state index in [0.717, 1.165) is 12.2 Å². The van der Waals surface area contributed by atoms with Crippen LogP contribution < -0.4 is 10.2 Å². The quantitative estimate of drug-likeness (QED) is 0.867. The Hall–Kier alpha value is -1.51. The summed E-state index contributed by atoms with van der Waals surface area (Å²) in [5, 5.41) is 2.94. The first-order valence-corrected chi connectivity index (χ1v) is 5.96. The number of carbonyl (C=O) groups excluding carboxylic acids is 1. The molecular weight excluding hydrogens is 212 g/mol. The van der Waals surface area contributed by atoms with Crippen LogP contribution in [0, 0.1) is 5.41 Å². The normalized spacial score (nSPS) is 11.1. The molecule has 0 bridgehead atoms. The van der Waals surface area contributed by atoms with Gasteiger partial charge in [0.05, 0.1) is 0 Å². The maximum Gasteiger partial charge on any atom is 0.225 e. The summed E-state index contributed by atoms with van der Waals surface area (Å²) >= 11 is 0. The lowest BCUT2D eigenvalue weighted by atomic mass is 9.96. The molecule has 1 amide bonds. The molecule has 94 valence electrons. The zero-order valence-electron chi connectivity index (χ0n) is 11.2. The average Bonchev–Trinajstić information content (AvgIpc) is 2.28. The molecule has 3 nitrogen and oxygen atoms in total. The molecule has 0 aromatic heterocycles. The third-order valence-electron chi connectivity index (χ3n) is 2.61. The smallest absolute Gasteiger partial charge is 0.225 e. The minimum atomic E-state index is -0.314. The Bertz CT molecular complexity index is 354. The largest absolute Gasteiger partial charge is 0.373 e. The van der Waals surface area contributed by atoms with E-state index in [1.165, 1.54) is 0 Å². The van der Waals surface area contributed by atoms with Crippen molar-refractivity contribution < 1.29 is 4.79 Å². The number of rotatable bonds is 4. The highest BCUT2D eigenvalue weighted by Gasteiger charge is 2.20.